The Morgan fingerprint density at radius 1 is 1.33 bits per heavy atom. The summed E-state index contributed by atoms with van der Waals surface area (Å²) >= 11 is 0. The van der Waals surface area contributed by atoms with Crippen molar-refractivity contribution in [3.63, 3.8) is 0 Å². The highest BCUT2D eigenvalue weighted by Gasteiger charge is 2.02. The van der Waals surface area contributed by atoms with Crippen LogP contribution in [0.2, 0.25) is 0 Å². The number of ether oxygens (including phenoxy) is 1. The maximum Gasteiger partial charge on any atom is 0.162 e. The SMILES string of the molecule is CCC(=O)c1ccc(OCCn2cccn2)cc1. The highest BCUT2D eigenvalue weighted by molar-refractivity contribution is 5.95. The quantitative estimate of drug-likeness (QED) is 0.733. The van der Waals surface area contributed by atoms with Crippen LogP contribution in [0.5, 0.6) is 5.75 Å². The van der Waals surface area contributed by atoms with Crippen LogP contribution in [-0.2, 0) is 6.54 Å². The topological polar surface area (TPSA) is 44.1 Å². The zero-order valence-corrected chi connectivity index (χ0v) is 10.4. The zero-order valence-electron chi connectivity index (χ0n) is 10.4. The third kappa shape index (κ3) is 3.20. The number of ketones is 1. The van der Waals surface area contributed by atoms with Crippen LogP contribution < -0.4 is 4.74 Å². The van der Waals surface area contributed by atoms with E-state index in [2.05, 4.69) is 5.10 Å². The molecular weight excluding hydrogens is 228 g/mol. The Morgan fingerprint density at radius 2 is 2.11 bits per heavy atom. The van der Waals surface area contributed by atoms with Crippen molar-refractivity contribution in [2.24, 2.45) is 0 Å². The minimum atomic E-state index is 0.151. The van der Waals surface area contributed by atoms with Gasteiger partial charge in [0.1, 0.15) is 12.4 Å². The van der Waals surface area contributed by atoms with E-state index in [1.165, 1.54) is 0 Å². The lowest BCUT2D eigenvalue weighted by molar-refractivity contribution is 0.0988. The highest BCUT2D eigenvalue weighted by atomic mass is 16.5. The predicted molar refractivity (Wildman–Crippen MR) is 68.8 cm³/mol. The average molecular weight is 244 g/mol. The van der Waals surface area contributed by atoms with Crippen molar-refractivity contribution in [1.82, 2.24) is 9.78 Å². The molecule has 4 heteroatoms. The van der Waals surface area contributed by atoms with Gasteiger partial charge in [0, 0.05) is 24.4 Å². The molecule has 94 valence electrons. The smallest absolute Gasteiger partial charge is 0.162 e. The molecular formula is C14H16N2O2. The number of Topliss-reactive ketones (excluding diaryl/α,β-unsaturated/α-hetero) is 1. The predicted octanol–water partition coefficient (Wildman–Crippen LogP) is 2.55. The van der Waals surface area contributed by atoms with E-state index in [0.29, 0.717) is 19.6 Å². The van der Waals surface area contributed by atoms with Gasteiger partial charge in [-0.05, 0) is 30.3 Å². The molecule has 0 aliphatic carbocycles. The van der Waals surface area contributed by atoms with Gasteiger partial charge in [0.15, 0.2) is 5.78 Å². The third-order valence-corrected chi connectivity index (χ3v) is 2.65. The summed E-state index contributed by atoms with van der Waals surface area (Å²) in [6.07, 6.45) is 4.16. The fourth-order valence-corrected chi connectivity index (χ4v) is 1.63. The van der Waals surface area contributed by atoms with E-state index in [0.717, 1.165) is 11.3 Å². The van der Waals surface area contributed by atoms with Gasteiger partial charge in [0.2, 0.25) is 0 Å². The largest absolute Gasteiger partial charge is 0.492 e. The molecule has 0 saturated heterocycles. The Labute approximate surface area is 106 Å². The van der Waals surface area contributed by atoms with Crippen molar-refractivity contribution in [2.75, 3.05) is 6.61 Å². The van der Waals surface area contributed by atoms with Crippen molar-refractivity contribution < 1.29 is 9.53 Å². The first-order valence-electron chi connectivity index (χ1n) is 6.03. The first kappa shape index (κ1) is 12.4. The molecule has 0 unspecified atom stereocenters. The molecule has 0 atom stereocenters. The molecule has 0 aliphatic rings. The number of benzene rings is 1. The first-order valence-corrected chi connectivity index (χ1v) is 6.03. The molecule has 0 amide bonds. The van der Waals surface area contributed by atoms with E-state index in [4.69, 9.17) is 4.74 Å². The number of rotatable bonds is 6. The van der Waals surface area contributed by atoms with Crippen molar-refractivity contribution in [3.8, 4) is 5.75 Å². The Morgan fingerprint density at radius 3 is 2.72 bits per heavy atom. The zero-order chi connectivity index (χ0) is 12.8. The fraction of sp³-hybridized carbons (Fsp3) is 0.286. The van der Waals surface area contributed by atoms with Crippen LogP contribution in [0.4, 0.5) is 0 Å². The van der Waals surface area contributed by atoms with Crippen LogP contribution in [0.3, 0.4) is 0 Å². The fourth-order valence-electron chi connectivity index (χ4n) is 1.63. The monoisotopic (exact) mass is 244 g/mol. The highest BCUT2D eigenvalue weighted by Crippen LogP contribution is 2.13. The second-order valence-corrected chi connectivity index (χ2v) is 3.92. The second-order valence-electron chi connectivity index (χ2n) is 3.92. The van der Waals surface area contributed by atoms with E-state index in [1.54, 1.807) is 18.3 Å². The summed E-state index contributed by atoms with van der Waals surface area (Å²) in [6, 6.07) is 9.13. The summed E-state index contributed by atoms with van der Waals surface area (Å²) in [7, 11) is 0. The molecule has 0 saturated carbocycles. The van der Waals surface area contributed by atoms with Gasteiger partial charge in [-0.1, -0.05) is 6.92 Å². The minimum absolute atomic E-state index is 0.151. The average Bonchev–Trinajstić information content (AvgIpc) is 2.92. The molecule has 0 aliphatic heterocycles. The van der Waals surface area contributed by atoms with Gasteiger partial charge in [0.25, 0.3) is 0 Å². The summed E-state index contributed by atoms with van der Waals surface area (Å²) in [6.45, 7) is 3.13. The summed E-state index contributed by atoms with van der Waals surface area (Å²) in [5, 5.41) is 4.09. The van der Waals surface area contributed by atoms with Gasteiger partial charge in [0.05, 0.1) is 6.54 Å². The van der Waals surface area contributed by atoms with E-state index < -0.39 is 0 Å². The summed E-state index contributed by atoms with van der Waals surface area (Å²) < 4.78 is 7.39. The number of aromatic nitrogens is 2. The van der Waals surface area contributed by atoms with Crippen LogP contribution in [0, 0.1) is 0 Å². The molecule has 18 heavy (non-hydrogen) atoms. The summed E-state index contributed by atoms with van der Waals surface area (Å²) in [5.41, 5.74) is 0.733. The normalized spacial score (nSPS) is 10.3. The van der Waals surface area contributed by atoms with Crippen molar-refractivity contribution in [2.45, 2.75) is 19.9 Å². The second kappa shape index (κ2) is 6.00. The molecule has 2 rings (SSSR count). The summed E-state index contributed by atoms with van der Waals surface area (Å²) in [5.74, 6) is 0.924. The van der Waals surface area contributed by atoms with Gasteiger partial charge >= 0.3 is 0 Å². The van der Waals surface area contributed by atoms with Gasteiger partial charge in [-0.15, -0.1) is 0 Å². The molecule has 0 spiro atoms. The van der Waals surface area contributed by atoms with Crippen LogP contribution in [-0.4, -0.2) is 22.2 Å². The molecule has 1 aromatic carbocycles. The lowest BCUT2D eigenvalue weighted by Crippen LogP contribution is -2.08. The molecule has 4 nitrogen and oxygen atoms in total. The molecule has 0 bridgehead atoms. The number of hydrogen-bond acceptors (Lipinski definition) is 3. The van der Waals surface area contributed by atoms with Crippen molar-refractivity contribution in [3.05, 3.63) is 48.3 Å². The maximum atomic E-state index is 11.4. The van der Waals surface area contributed by atoms with E-state index in [-0.39, 0.29) is 5.78 Å². The Bertz CT molecular complexity index is 489. The lowest BCUT2D eigenvalue weighted by atomic mass is 10.1. The molecule has 1 aromatic heterocycles. The molecule has 0 radical (unpaired) electrons. The number of hydrogen-bond donors (Lipinski definition) is 0. The molecule has 2 aromatic rings. The standard InChI is InChI=1S/C14H16N2O2/c1-2-14(17)12-4-6-13(7-5-12)18-11-10-16-9-3-8-15-16/h3-9H,2,10-11H2,1H3. The van der Waals surface area contributed by atoms with Gasteiger partial charge < -0.3 is 4.74 Å². The number of carbonyl (C=O) groups excluding carboxylic acids is 1. The molecule has 0 N–H and O–H groups in total. The Hall–Kier alpha value is -2.10. The minimum Gasteiger partial charge on any atom is -0.492 e. The van der Waals surface area contributed by atoms with Crippen molar-refractivity contribution in [1.29, 1.82) is 0 Å². The van der Waals surface area contributed by atoms with E-state index in [9.17, 15) is 4.79 Å². The van der Waals surface area contributed by atoms with Crippen LogP contribution in [0.1, 0.15) is 23.7 Å². The lowest BCUT2D eigenvalue weighted by Gasteiger charge is -2.06. The van der Waals surface area contributed by atoms with E-state index in [1.807, 2.05) is 36.0 Å². The van der Waals surface area contributed by atoms with Crippen LogP contribution in [0.25, 0.3) is 0 Å². The van der Waals surface area contributed by atoms with Crippen LogP contribution in [0.15, 0.2) is 42.7 Å². The van der Waals surface area contributed by atoms with Crippen LogP contribution >= 0.6 is 0 Å². The summed E-state index contributed by atoms with van der Waals surface area (Å²) in [4.78, 5) is 11.4. The molecule has 0 fully saturated rings. The third-order valence-electron chi connectivity index (χ3n) is 2.65. The van der Waals surface area contributed by atoms with E-state index >= 15 is 0 Å². The Kier molecular flexibility index (Phi) is 4.12. The van der Waals surface area contributed by atoms with Gasteiger partial charge in [-0.2, -0.15) is 5.10 Å². The Balaban J connectivity index is 1.85. The van der Waals surface area contributed by atoms with Gasteiger partial charge in [-0.25, -0.2) is 0 Å². The number of carbonyl (C=O) groups is 1. The number of nitrogens with zero attached hydrogens (tertiary/aromatic N) is 2. The molecule has 1 heterocycles. The van der Waals surface area contributed by atoms with Crippen molar-refractivity contribution >= 4 is 5.78 Å². The maximum absolute atomic E-state index is 11.4. The van der Waals surface area contributed by atoms with Gasteiger partial charge in [-0.3, -0.25) is 9.48 Å². The first-order chi connectivity index (χ1) is 8.79.